The van der Waals surface area contributed by atoms with Gasteiger partial charge in [0.25, 0.3) is 5.91 Å². The van der Waals surface area contributed by atoms with Crippen LogP contribution in [-0.2, 0) is 13.2 Å². The molecule has 1 amide bonds. The number of hydrogen-bond acceptors (Lipinski definition) is 4. The molecule has 0 saturated heterocycles. The molecular weight excluding hydrogens is 412 g/mol. The Morgan fingerprint density at radius 3 is 2.55 bits per heavy atom. The van der Waals surface area contributed by atoms with E-state index in [4.69, 9.17) is 4.74 Å². The molecule has 0 aliphatic carbocycles. The van der Waals surface area contributed by atoms with E-state index < -0.39 is 0 Å². The number of nitrogens with zero attached hydrogens (tertiary/aromatic N) is 3. The number of para-hydroxylation sites is 2. The molecule has 0 spiro atoms. The highest BCUT2D eigenvalue weighted by atomic mass is 16.5. The van der Waals surface area contributed by atoms with E-state index in [2.05, 4.69) is 15.3 Å². The van der Waals surface area contributed by atoms with E-state index in [0.29, 0.717) is 24.5 Å². The lowest BCUT2D eigenvalue weighted by molar-refractivity contribution is 0.0950. The van der Waals surface area contributed by atoms with E-state index in [-0.39, 0.29) is 5.91 Å². The van der Waals surface area contributed by atoms with Crippen molar-refractivity contribution < 1.29 is 9.53 Å². The fourth-order valence-electron chi connectivity index (χ4n) is 3.56. The van der Waals surface area contributed by atoms with Crippen molar-refractivity contribution >= 4 is 16.9 Å². The third kappa shape index (κ3) is 4.75. The van der Waals surface area contributed by atoms with Crippen molar-refractivity contribution in [2.24, 2.45) is 0 Å². The Kier molecular flexibility index (Phi) is 5.80. The number of ether oxygens (including phenoxy) is 1. The van der Waals surface area contributed by atoms with Gasteiger partial charge in [-0.1, -0.05) is 54.6 Å². The zero-order chi connectivity index (χ0) is 22.5. The van der Waals surface area contributed by atoms with Crippen LogP contribution in [0.25, 0.3) is 16.9 Å². The Bertz CT molecular complexity index is 1380. The summed E-state index contributed by atoms with van der Waals surface area (Å²) in [6, 6.07) is 28.9. The molecule has 162 valence electrons. The third-order valence-corrected chi connectivity index (χ3v) is 5.31. The lowest BCUT2D eigenvalue weighted by Gasteiger charge is -2.09. The molecule has 2 aromatic heterocycles. The number of aromatic nitrogens is 3. The highest BCUT2D eigenvalue weighted by Gasteiger charge is 2.08. The first-order valence-electron chi connectivity index (χ1n) is 10.7. The van der Waals surface area contributed by atoms with E-state index in [1.807, 2.05) is 83.4 Å². The predicted molar refractivity (Wildman–Crippen MR) is 127 cm³/mol. The Labute approximate surface area is 191 Å². The van der Waals surface area contributed by atoms with Gasteiger partial charge in [0, 0.05) is 18.3 Å². The Morgan fingerprint density at radius 1 is 0.848 bits per heavy atom. The summed E-state index contributed by atoms with van der Waals surface area (Å²) in [5, 5.41) is 2.95. The van der Waals surface area contributed by atoms with Crippen molar-refractivity contribution in [3.63, 3.8) is 0 Å². The minimum absolute atomic E-state index is 0.162. The second-order valence-electron chi connectivity index (χ2n) is 7.61. The standard InChI is InChI=1S/C27H22N4O2/c32-27(22-9-6-10-23(15-22)33-18-20-7-2-1-3-8-20)29-17-21-13-14-26(28-16-21)31-19-30-24-11-4-5-12-25(24)31/h1-16,19H,17-18H2,(H,29,32). The van der Waals surface area contributed by atoms with Crippen LogP contribution in [0.4, 0.5) is 0 Å². The predicted octanol–water partition coefficient (Wildman–Crippen LogP) is 4.93. The monoisotopic (exact) mass is 434 g/mol. The topological polar surface area (TPSA) is 69.0 Å². The van der Waals surface area contributed by atoms with Crippen LogP contribution in [0.3, 0.4) is 0 Å². The summed E-state index contributed by atoms with van der Waals surface area (Å²) < 4.78 is 7.77. The molecule has 33 heavy (non-hydrogen) atoms. The van der Waals surface area contributed by atoms with E-state index in [1.54, 1.807) is 24.7 Å². The van der Waals surface area contributed by atoms with E-state index in [1.165, 1.54) is 0 Å². The molecule has 0 fully saturated rings. The van der Waals surface area contributed by atoms with Gasteiger partial charge < -0.3 is 10.1 Å². The molecule has 0 radical (unpaired) electrons. The second-order valence-corrected chi connectivity index (χ2v) is 7.61. The SMILES string of the molecule is O=C(NCc1ccc(-n2cnc3ccccc32)nc1)c1cccc(OCc2ccccc2)c1. The summed E-state index contributed by atoms with van der Waals surface area (Å²) >= 11 is 0. The van der Waals surface area contributed by atoms with Crippen LogP contribution in [-0.4, -0.2) is 20.4 Å². The van der Waals surface area contributed by atoms with Gasteiger partial charge in [-0.25, -0.2) is 9.97 Å². The summed E-state index contributed by atoms with van der Waals surface area (Å²) in [7, 11) is 0. The van der Waals surface area contributed by atoms with Gasteiger partial charge in [-0.05, 0) is 47.5 Å². The van der Waals surface area contributed by atoms with E-state index in [0.717, 1.165) is 28.0 Å². The van der Waals surface area contributed by atoms with Crippen molar-refractivity contribution in [1.29, 1.82) is 0 Å². The van der Waals surface area contributed by atoms with Crippen molar-refractivity contribution in [2.45, 2.75) is 13.2 Å². The van der Waals surface area contributed by atoms with Crippen molar-refractivity contribution in [3.05, 3.63) is 120 Å². The van der Waals surface area contributed by atoms with Gasteiger partial charge in [0.2, 0.25) is 0 Å². The van der Waals surface area contributed by atoms with E-state index >= 15 is 0 Å². The van der Waals surface area contributed by atoms with Gasteiger partial charge in [-0.3, -0.25) is 9.36 Å². The maximum Gasteiger partial charge on any atom is 0.251 e. The maximum atomic E-state index is 12.6. The van der Waals surface area contributed by atoms with Gasteiger partial charge in [0.05, 0.1) is 11.0 Å². The number of carbonyl (C=O) groups is 1. The molecule has 0 saturated carbocycles. The molecular formula is C27H22N4O2. The van der Waals surface area contributed by atoms with Crippen LogP contribution < -0.4 is 10.1 Å². The van der Waals surface area contributed by atoms with Crippen molar-refractivity contribution in [3.8, 4) is 11.6 Å². The van der Waals surface area contributed by atoms with Crippen molar-refractivity contribution in [2.75, 3.05) is 0 Å². The molecule has 1 N–H and O–H groups in total. The molecule has 0 atom stereocenters. The van der Waals surface area contributed by atoms with Gasteiger partial charge in [-0.2, -0.15) is 0 Å². The van der Waals surface area contributed by atoms with E-state index in [9.17, 15) is 4.79 Å². The fourth-order valence-corrected chi connectivity index (χ4v) is 3.56. The van der Waals surface area contributed by atoms with Crippen LogP contribution in [0.5, 0.6) is 5.75 Å². The molecule has 3 aromatic carbocycles. The smallest absolute Gasteiger partial charge is 0.251 e. The summed E-state index contributed by atoms with van der Waals surface area (Å²) in [5.74, 6) is 1.27. The minimum atomic E-state index is -0.162. The summed E-state index contributed by atoms with van der Waals surface area (Å²) in [4.78, 5) is 21.6. The largest absolute Gasteiger partial charge is 0.489 e. The Hall–Kier alpha value is -4.45. The molecule has 6 nitrogen and oxygen atoms in total. The zero-order valence-corrected chi connectivity index (χ0v) is 17.9. The molecule has 0 unspecified atom stereocenters. The number of imidazole rings is 1. The lowest BCUT2D eigenvalue weighted by atomic mass is 10.2. The minimum Gasteiger partial charge on any atom is -0.489 e. The van der Waals surface area contributed by atoms with Crippen LogP contribution in [0.15, 0.2) is 104 Å². The van der Waals surface area contributed by atoms with Crippen molar-refractivity contribution in [1.82, 2.24) is 19.9 Å². The first-order chi connectivity index (χ1) is 16.3. The average Bonchev–Trinajstić information content (AvgIpc) is 3.31. The normalized spacial score (nSPS) is 10.8. The Morgan fingerprint density at radius 2 is 1.70 bits per heavy atom. The number of hydrogen-bond donors (Lipinski definition) is 1. The summed E-state index contributed by atoms with van der Waals surface area (Å²) in [6.45, 7) is 0.835. The molecule has 0 aliphatic heterocycles. The molecule has 0 bridgehead atoms. The number of benzene rings is 3. The molecule has 2 heterocycles. The van der Waals surface area contributed by atoms with Gasteiger partial charge in [-0.15, -0.1) is 0 Å². The maximum absolute atomic E-state index is 12.6. The number of pyridine rings is 1. The van der Waals surface area contributed by atoms with Crippen LogP contribution >= 0.6 is 0 Å². The average molecular weight is 434 g/mol. The molecule has 5 aromatic rings. The third-order valence-electron chi connectivity index (χ3n) is 5.31. The zero-order valence-electron chi connectivity index (χ0n) is 17.9. The van der Waals surface area contributed by atoms with Gasteiger partial charge >= 0.3 is 0 Å². The van der Waals surface area contributed by atoms with Gasteiger partial charge in [0.15, 0.2) is 0 Å². The van der Waals surface area contributed by atoms with Gasteiger partial charge in [0.1, 0.15) is 24.5 Å². The number of rotatable bonds is 7. The van der Waals surface area contributed by atoms with Crippen LogP contribution in [0.2, 0.25) is 0 Å². The summed E-state index contributed by atoms with van der Waals surface area (Å²) in [5.41, 5.74) is 4.46. The first-order valence-corrected chi connectivity index (χ1v) is 10.7. The highest BCUT2D eigenvalue weighted by molar-refractivity contribution is 5.94. The van der Waals surface area contributed by atoms with Crippen LogP contribution in [0, 0.1) is 0 Å². The number of nitrogens with one attached hydrogen (secondary N) is 1. The van der Waals surface area contributed by atoms with Crippen LogP contribution in [0.1, 0.15) is 21.5 Å². The lowest BCUT2D eigenvalue weighted by Crippen LogP contribution is -2.22. The highest BCUT2D eigenvalue weighted by Crippen LogP contribution is 2.17. The number of amides is 1. The fraction of sp³-hybridized carbons (Fsp3) is 0.0741. The molecule has 6 heteroatoms. The molecule has 0 aliphatic rings. The Balaban J connectivity index is 1.20. The second kappa shape index (κ2) is 9.36. The first kappa shape index (κ1) is 20.5. The number of carbonyl (C=O) groups excluding carboxylic acids is 1. The number of fused-ring (bicyclic) bond motifs is 1. The molecule has 5 rings (SSSR count). The quantitative estimate of drug-likeness (QED) is 0.394. The summed E-state index contributed by atoms with van der Waals surface area (Å²) in [6.07, 6.45) is 3.53.